The summed E-state index contributed by atoms with van der Waals surface area (Å²) in [5.41, 5.74) is 5.08. The number of H-pyrrole nitrogens is 1. The van der Waals surface area contributed by atoms with E-state index in [0.717, 1.165) is 29.7 Å². The number of amidine groups is 1. The number of aromatic nitrogens is 5. The number of likely N-dealkylation sites (N-methyl/N-ethyl adjacent to an activating group) is 1. The zero-order valence-electron chi connectivity index (χ0n) is 24.1. The van der Waals surface area contributed by atoms with Gasteiger partial charge < -0.3 is 30.2 Å². The van der Waals surface area contributed by atoms with E-state index in [-0.39, 0.29) is 28.8 Å². The number of methoxy groups -OCH3 is 1. The number of ether oxygens (including phenoxy) is 3. The minimum atomic E-state index is -5.49. The average Bonchev–Trinajstić information content (AvgIpc) is 3.41. The summed E-state index contributed by atoms with van der Waals surface area (Å²) in [5.74, 6) is -6.61. The van der Waals surface area contributed by atoms with Crippen LogP contribution in [0, 0.1) is 11.2 Å². The van der Waals surface area contributed by atoms with E-state index in [9.17, 15) is 27.6 Å². The molecule has 0 aliphatic heterocycles. The lowest BCUT2D eigenvalue weighted by molar-refractivity contribution is -0.218. The molecular weight excluding hydrogens is 622 g/mol. The summed E-state index contributed by atoms with van der Waals surface area (Å²) in [6, 6.07) is 6.69. The van der Waals surface area contributed by atoms with Crippen LogP contribution in [-0.2, 0) is 14.3 Å². The Morgan fingerprint density at radius 1 is 1.15 bits per heavy atom. The second kappa shape index (κ2) is 13.3. The van der Waals surface area contributed by atoms with Gasteiger partial charge in [-0.3, -0.25) is 20.2 Å². The first-order chi connectivity index (χ1) is 21.7. The Labute approximate surface area is 256 Å². The van der Waals surface area contributed by atoms with E-state index in [2.05, 4.69) is 30.1 Å². The van der Waals surface area contributed by atoms with Crippen LogP contribution in [0.3, 0.4) is 0 Å². The van der Waals surface area contributed by atoms with Crippen LogP contribution >= 0.6 is 0 Å². The molecule has 5 N–H and O–H groups in total. The predicted molar refractivity (Wildman–Crippen MR) is 151 cm³/mol. The molecule has 2 aromatic heterocycles. The summed E-state index contributed by atoms with van der Waals surface area (Å²) < 4.78 is 70.8. The number of esters is 1. The Hall–Kier alpha value is -6.01. The number of anilines is 1. The number of hydrogen-bond donors (Lipinski definition) is 4. The van der Waals surface area contributed by atoms with Gasteiger partial charge in [0.05, 0.1) is 13.3 Å². The number of alkyl halides is 3. The van der Waals surface area contributed by atoms with E-state index in [1.54, 1.807) is 0 Å². The fourth-order valence-electron chi connectivity index (χ4n) is 3.85. The van der Waals surface area contributed by atoms with Gasteiger partial charge in [-0.15, -0.1) is 5.10 Å². The van der Waals surface area contributed by atoms with Crippen molar-refractivity contribution in [2.45, 2.75) is 18.5 Å². The van der Waals surface area contributed by atoms with Crippen molar-refractivity contribution >= 4 is 23.4 Å². The lowest BCUT2D eigenvalue weighted by Crippen LogP contribution is -2.43. The number of halogens is 4. The summed E-state index contributed by atoms with van der Waals surface area (Å²) in [6.45, 7) is 0. The maximum atomic E-state index is 16.3. The van der Waals surface area contributed by atoms with Crippen molar-refractivity contribution in [1.82, 2.24) is 29.6 Å². The van der Waals surface area contributed by atoms with Gasteiger partial charge in [0.15, 0.2) is 23.2 Å². The zero-order chi connectivity index (χ0) is 33.8. The van der Waals surface area contributed by atoms with E-state index in [1.165, 1.54) is 56.0 Å². The van der Waals surface area contributed by atoms with Crippen LogP contribution < -0.4 is 26.2 Å². The second-order valence-corrected chi connectivity index (χ2v) is 9.47. The van der Waals surface area contributed by atoms with Gasteiger partial charge in [0.1, 0.15) is 17.6 Å². The maximum absolute atomic E-state index is 16.3. The number of nitrogens with one attached hydrogen (secondary N) is 3. The van der Waals surface area contributed by atoms with Gasteiger partial charge in [0, 0.05) is 49.4 Å². The molecule has 0 bridgehead atoms. The van der Waals surface area contributed by atoms with Crippen molar-refractivity contribution in [1.29, 1.82) is 5.41 Å². The molecule has 0 spiro atoms. The summed E-state index contributed by atoms with van der Waals surface area (Å²) in [5, 5.41) is 14.8. The number of nitrogens with zero attached hydrogens (tertiary/aromatic N) is 5. The van der Waals surface area contributed by atoms with Crippen molar-refractivity contribution in [3.8, 4) is 17.3 Å². The molecule has 0 saturated carbocycles. The van der Waals surface area contributed by atoms with Crippen LogP contribution in [-0.4, -0.2) is 81.0 Å². The molecule has 4 aromatic rings. The highest BCUT2D eigenvalue weighted by Gasteiger charge is 2.44. The monoisotopic (exact) mass is 647 g/mol. The van der Waals surface area contributed by atoms with E-state index < -0.39 is 47.6 Å². The number of benzene rings is 2. The first-order valence-electron chi connectivity index (χ1n) is 12.9. The third-order valence-corrected chi connectivity index (χ3v) is 6.09. The van der Waals surface area contributed by atoms with Crippen molar-refractivity contribution < 1.29 is 41.4 Å². The number of rotatable bonds is 11. The summed E-state index contributed by atoms with van der Waals surface area (Å²) >= 11 is 0. The molecule has 4 rings (SSSR count). The van der Waals surface area contributed by atoms with Gasteiger partial charge in [-0.05, 0) is 30.3 Å². The van der Waals surface area contributed by atoms with Gasteiger partial charge in [-0.25, -0.2) is 19.0 Å². The minimum Gasteiger partial charge on any atom is -0.497 e. The molecule has 1 amide bonds. The molecule has 0 fully saturated rings. The predicted octanol–water partition coefficient (Wildman–Crippen LogP) is 1.88. The topological polar surface area (TPSA) is 203 Å². The quantitative estimate of drug-likeness (QED) is 0.0608. The van der Waals surface area contributed by atoms with Gasteiger partial charge in [0.25, 0.3) is 0 Å². The van der Waals surface area contributed by atoms with Crippen molar-refractivity contribution in [3.05, 3.63) is 88.2 Å². The Morgan fingerprint density at radius 3 is 2.41 bits per heavy atom. The molecule has 2 atom stereocenters. The lowest BCUT2D eigenvalue weighted by Gasteiger charge is -2.24. The van der Waals surface area contributed by atoms with Crippen molar-refractivity contribution in [3.63, 3.8) is 0 Å². The molecule has 242 valence electrons. The third kappa shape index (κ3) is 7.37. The number of nitrogen functional groups attached to an aromatic ring is 1. The van der Waals surface area contributed by atoms with Crippen LogP contribution in [0.1, 0.15) is 23.0 Å². The molecule has 2 aromatic carbocycles. The molecule has 0 aliphatic carbocycles. The fraction of sp³-hybridized carbons (Fsp3) is 0.222. The summed E-state index contributed by atoms with van der Waals surface area (Å²) in [6.07, 6.45) is -4.13. The SMILES string of the molecule is COc1cc(OC(OC(=O)C(F)(F)F)C(=O)N(C)C)c(F)c(C(Nc2ccc(C(=N)N)cc2)c2nn(-c3cnccn3)c(=O)[nH]2)c1. The zero-order valence-corrected chi connectivity index (χ0v) is 24.1. The molecule has 2 heterocycles. The molecule has 15 nitrogen and oxygen atoms in total. The van der Waals surface area contributed by atoms with Crippen LogP contribution in [0.2, 0.25) is 0 Å². The normalized spacial score (nSPS) is 12.5. The number of carbonyl (C=O) groups is 2. The molecule has 2 unspecified atom stereocenters. The standard InChI is InChI=1S/C27H25F4N9O6/c1-39(2)23(41)24(46-25(42)27(29,30)31)45-17-11-15(44-3)10-16(19(17)28)20(36-14-6-4-13(5-7-14)21(32)33)22-37-26(43)40(38-22)18-12-34-8-9-35-18/h4-12,20,24,36H,1-3H3,(H3,32,33)(H,37,38,43). The molecule has 46 heavy (non-hydrogen) atoms. The Balaban J connectivity index is 1.85. The highest BCUT2D eigenvalue weighted by Crippen LogP contribution is 2.36. The highest BCUT2D eigenvalue weighted by molar-refractivity contribution is 5.95. The molecule has 0 saturated heterocycles. The van der Waals surface area contributed by atoms with Gasteiger partial charge in [-0.1, -0.05) is 0 Å². The maximum Gasteiger partial charge on any atom is 0.491 e. The largest absolute Gasteiger partial charge is 0.497 e. The Bertz CT molecular complexity index is 1790. The van der Waals surface area contributed by atoms with Gasteiger partial charge in [0.2, 0.25) is 0 Å². The highest BCUT2D eigenvalue weighted by atomic mass is 19.4. The van der Waals surface area contributed by atoms with E-state index in [0.29, 0.717) is 11.3 Å². The van der Waals surface area contributed by atoms with E-state index in [4.69, 9.17) is 20.6 Å². The van der Waals surface area contributed by atoms with Crippen LogP contribution in [0.15, 0.2) is 59.8 Å². The van der Waals surface area contributed by atoms with Crippen LogP contribution in [0.5, 0.6) is 11.5 Å². The second-order valence-electron chi connectivity index (χ2n) is 9.47. The number of amides is 1. The lowest BCUT2D eigenvalue weighted by atomic mass is 10.0. The number of hydrogen-bond acceptors (Lipinski definition) is 11. The van der Waals surface area contributed by atoms with E-state index in [1.807, 2.05) is 0 Å². The molecule has 0 radical (unpaired) electrons. The Kier molecular flexibility index (Phi) is 9.53. The summed E-state index contributed by atoms with van der Waals surface area (Å²) in [7, 11) is 3.49. The van der Waals surface area contributed by atoms with E-state index >= 15 is 4.39 Å². The van der Waals surface area contributed by atoms with Crippen molar-refractivity contribution in [2.24, 2.45) is 5.73 Å². The minimum absolute atomic E-state index is 0.0196. The first-order valence-corrected chi connectivity index (χ1v) is 12.9. The number of nitrogens with two attached hydrogens (primary N) is 1. The molecule has 19 heteroatoms. The van der Waals surface area contributed by atoms with Gasteiger partial charge >= 0.3 is 30.0 Å². The summed E-state index contributed by atoms with van der Waals surface area (Å²) in [4.78, 5) is 48.3. The Morgan fingerprint density at radius 2 is 1.85 bits per heavy atom. The first kappa shape index (κ1) is 32.9. The third-order valence-electron chi connectivity index (χ3n) is 6.09. The van der Waals surface area contributed by atoms with Gasteiger partial charge in [-0.2, -0.15) is 17.9 Å². The molecule has 0 aliphatic rings. The van der Waals surface area contributed by atoms with Crippen LogP contribution in [0.4, 0.5) is 23.2 Å². The molecular formula is C27H25F4N9O6. The average molecular weight is 648 g/mol. The smallest absolute Gasteiger partial charge is 0.491 e. The number of carbonyl (C=O) groups excluding carboxylic acids is 2. The van der Waals surface area contributed by atoms with Crippen LogP contribution in [0.25, 0.3) is 5.82 Å². The van der Waals surface area contributed by atoms with Crippen molar-refractivity contribution in [2.75, 3.05) is 26.5 Å². The number of aromatic amines is 1. The fourth-order valence-corrected chi connectivity index (χ4v) is 3.85.